The zero-order chi connectivity index (χ0) is 24.4. The third kappa shape index (κ3) is 4.65. The summed E-state index contributed by atoms with van der Waals surface area (Å²) in [5.74, 6) is -1.94. The summed E-state index contributed by atoms with van der Waals surface area (Å²) in [6, 6.07) is 16.3. The number of carbonyl (C=O) groups is 1. The monoisotopic (exact) mass is 473 g/mol. The van der Waals surface area contributed by atoms with Crippen LogP contribution in [0.2, 0.25) is 0 Å². The Labute approximate surface area is 200 Å². The summed E-state index contributed by atoms with van der Waals surface area (Å²) in [5.41, 5.74) is 2.29. The maximum absolute atomic E-state index is 14.2. The molecule has 1 aliphatic rings. The van der Waals surface area contributed by atoms with E-state index in [2.05, 4.69) is 20.4 Å². The molecule has 3 heterocycles. The Hall–Kier alpha value is -4.40. The van der Waals surface area contributed by atoms with Gasteiger partial charge in [0.25, 0.3) is 11.8 Å². The number of nitrogens with zero attached hydrogens (tertiary/aromatic N) is 4. The van der Waals surface area contributed by atoms with Crippen LogP contribution in [-0.4, -0.2) is 32.2 Å². The SMILES string of the molecule is C/C=C/C(F)(F)c1cccc(Oc2ccc(-c3nccc(-c4cc5n(n4)CCNC5=O)n3)cc2)c1. The molecular formula is C26H21F2N5O2. The van der Waals surface area contributed by atoms with Gasteiger partial charge in [-0.1, -0.05) is 18.2 Å². The van der Waals surface area contributed by atoms with Crippen LogP contribution in [0.15, 0.2) is 79.0 Å². The van der Waals surface area contributed by atoms with Crippen molar-refractivity contribution in [3.05, 3.63) is 90.3 Å². The molecule has 0 saturated heterocycles. The molecule has 0 aliphatic carbocycles. The first-order valence-electron chi connectivity index (χ1n) is 11.0. The molecule has 2 aromatic heterocycles. The number of alkyl halides is 2. The fraction of sp³-hybridized carbons (Fsp3) is 0.154. The number of carbonyl (C=O) groups excluding carboxylic acids is 1. The van der Waals surface area contributed by atoms with Crippen molar-refractivity contribution in [1.29, 1.82) is 0 Å². The van der Waals surface area contributed by atoms with E-state index < -0.39 is 5.92 Å². The number of allylic oxidation sites excluding steroid dienone is 2. The molecule has 0 unspecified atom stereocenters. The van der Waals surface area contributed by atoms with Gasteiger partial charge in [0.05, 0.1) is 12.2 Å². The largest absolute Gasteiger partial charge is 0.457 e. The fourth-order valence-corrected chi connectivity index (χ4v) is 3.78. The van der Waals surface area contributed by atoms with E-state index in [4.69, 9.17) is 4.74 Å². The summed E-state index contributed by atoms with van der Waals surface area (Å²) in [5, 5.41) is 7.29. The van der Waals surface area contributed by atoms with Crippen molar-refractivity contribution in [2.45, 2.75) is 19.4 Å². The fourth-order valence-electron chi connectivity index (χ4n) is 3.78. The summed E-state index contributed by atoms with van der Waals surface area (Å²) in [6.45, 7) is 2.70. The van der Waals surface area contributed by atoms with Crippen LogP contribution >= 0.6 is 0 Å². The highest BCUT2D eigenvalue weighted by Gasteiger charge is 2.28. The molecule has 1 N–H and O–H groups in total. The predicted molar refractivity (Wildman–Crippen MR) is 126 cm³/mol. The molecule has 0 saturated carbocycles. The van der Waals surface area contributed by atoms with Gasteiger partial charge in [0, 0.05) is 23.9 Å². The lowest BCUT2D eigenvalue weighted by Gasteiger charge is -2.14. The first kappa shape index (κ1) is 22.4. The quantitative estimate of drug-likeness (QED) is 0.389. The van der Waals surface area contributed by atoms with Gasteiger partial charge in [-0.2, -0.15) is 13.9 Å². The number of ether oxygens (including phenoxy) is 1. The Bertz CT molecular complexity index is 1410. The van der Waals surface area contributed by atoms with E-state index in [1.165, 1.54) is 24.3 Å². The Morgan fingerprint density at radius 2 is 1.89 bits per heavy atom. The summed E-state index contributed by atoms with van der Waals surface area (Å²) in [7, 11) is 0. The van der Waals surface area contributed by atoms with E-state index >= 15 is 0 Å². The van der Waals surface area contributed by atoms with Crippen LogP contribution in [0.3, 0.4) is 0 Å². The average molecular weight is 473 g/mol. The molecule has 2 aromatic carbocycles. The minimum Gasteiger partial charge on any atom is -0.457 e. The van der Waals surface area contributed by atoms with Gasteiger partial charge in [0.15, 0.2) is 5.82 Å². The molecule has 5 rings (SSSR count). The van der Waals surface area contributed by atoms with Gasteiger partial charge in [-0.15, -0.1) is 0 Å². The van der Waals surface area contributed by atoms with Crippen molar-refractivity contribution in [2.24, 2.45) is 0 Å². The third-order valence-electron chi connectivity index (χ3n) is 5.48. The molecule has 0 bridgehead atoms. The van der Waals surface area contributed by atoms with Crippen LogP contribution in [-0.2, 0) is 12.5 Å². The van der Waals surface area contributed by atoms with Crippen molar-refractivity contribution < 1.29 is 18.3 Å². The summed E-state index contributed by atoms with van der Waals surface area (Å²) < 4.78 is 35.8. The van der Waals surface area contributed by atoms with Gasteiger partial charge in [-0.3, -0.25) is 9.48 Å². The maximum Gasteiger partial charge on any atom is 0.291 e. The summed E-state index contributed by atoms with van der Waals surface area (Å²) in [4.78, 5) is 21.0. The zero-order valence-corrected chi connectivity index (χ0v) is 18.8. The Balaban J connectivity index is 1.35. The van der Waals surface area contributed by atoms with Crippen LogP contribution in [0.1, 0.15) is 23.0 Å². The normalized spacial score (nSPS) is 13.5. The summed E-state index contributed by atoms with van der Waals surface area (Å²) >= 11 is 0. The van der Waals surface area contributed by atoms with Crippen LogP contribution in [0.25, 0.3) is 22.8 Å². The highest BCUT2D eigenvalue weighted by molar-refractivity contribution is 5.94. The van der Waals surface area contributed by atoms with Gasteiger partial charge >= 0.3 is 0 Å². The first-order chi connectivity index (χ1) is 16.9. The van der Waals surface area contributed by atoms with E-state index in [1.54, 1.807) is 60.3 Å². The van der Waals surface area contributed by atoms with Gasteiger partial charge in [0.1, 0.15) is 22.9 Å². The molecule has 0 spiro atoms. The zero-order valence-electron chi connectivity index (χ0n) is 18.8. The number of hydrogen-bond acceptors (Lipinski definition) is 5. The second kappa shape index (κ2) is 9.09. The van der Waals surface area contributed by atoms with Crippen molar-refractivity contribution in [3.63, 3.8) is 0 Å². The molecule has 1 amide bonds. The molecule has 1 aliphatic heterocycles. The number of benzene rings is 2. The number of fused-ring (bicyclic) bond motifs is 1. The molecule has 0 radical (unpaired) electrons. The van der Waals surface area contributed by atoms with Gasteiger partial charge in [-0.25, -0.2) is 9.97 Å². The lowest BCUT2D eigenvalue weighted by molar-refractivity contribution is 0.0517. The van der Waals surface area contributed by atoms with Crippen LogP contribution in [0.4, 0.5) is 8.78 Å². The average Bonchev–Trinajstić information content (AvgIpc) is 3.31. The lowest BCUT2D eigenvalue weighted by atomic mass is 10.1. The Morgan fingerprint density at radius 1 is 1.06 bits per heavy atom. The number of halogens is 2. The van der Waals surface area contributed by atoms with E-state index in [9.17, 15) is 13.6 Å². The molecule has 176 valence electrons. The van der Waals surface area contributed by atoms with Gasteiger partial charge in [0.2, 0.25) is 0 Å². The molecule has 35 heavy (non-hydrogen) atoms. The van der Waals surface area contributed by atoms with Crippen molar-refractivity contribution in [3.8, 4) is 34.3 Å². The maximum atomic E-state index is 14.2. The minimum atomic E-state index is -3.07. The molecule has 7 nitrogen and oxygen atoms in total. The van der Waals surface area contributed by atoms with E-state index in [-0.39, 0.29) is 11.5 Å². The second-order valence-electron chi connectivity index (χ2n) is 7.94. The van der Waals surface area contributed by atoms with Crippen LogP contribution in [0.5, 0.6) is 11.5 Å². The smallest absolute Gasteiger partial charge is 0.291 e. The van der Waals surface area contributed by atoms with Crippen molar-refractivity contribution >= 4 is 5.91 Å². The molecule has 9 heteroatoms. The minimum absolute atomic E-state index is 0.145. The number of amides is 1. The van der Waals surface area contributed by atoms with Crippen molar-refractivity contribution in [2.75, 3.05) is 6.54 Å². The van der Waals surface area contributed by atoms with Crippen LogP contribution < -0.4 is 10.1 Å². The van der Waals surface area contributed by atoms with Gasteiger partial charge < -0.3 is 10.1 Å². The van der Waals surface area contributed by atoms with Crippen molar-refractivity contribution in [1.82, 2.24) is 25.1 Å². The van der Waals surface area contributed by atoms with Gasteiger partial charge in [-0.05, 0) is 61.5 Å². The number of hydrogen-bond donors (Lipinski definition) is 1. The number of nitrogens with one attached hydrogen (secondary N) is 1. The topological polar surface area (TPSA) is 81.9 Å². The predicted octanol–water partition coefficient (Wildman–Crippen LogP) is 5.21. The Kier molecular flexibility index (Phi) is 5.82. The van der Waals surface area contributed by atoms with E-state index in [1.807, 2.05) is 0 Å². The standard InChI is InChI=1S/C26H21F2N5O2/c1-2-11-26(27,28)18-4-3-5-20(15-18)35-19-8-6-17(7-9-19)24-29-12-10-21(31-24)22-16-23-25(34)30-13-14-33(23)32-22/h2-12,15-16H,13-14H2,1H3,(H,30,34)/b11-2+. The molecular weight excluding hydrogens is 452 g/mol. The Morgan fingerprint density at radius 3 is 2.66 bits per heavy atom. The first-order valence-corrected chi connectivity index (χ1v) is 11.0. The number of rotatable bonds is 6. The summed E-state index contributed by atoms with van der Waals surface area (Å²) in [6.07, 6.45) is 3.81. The molecule has 0 fully saturated rings. The number of aromatic nitrogens is 4. The van der Waals surface area contributed by atoms with E-state index in [0.717, 1.165) is 11.6 Å². The highest BCUT2D eigenvalue weighted by Crippen LogP contribution is 2.33. The molecule has 0 atom stereocenters. The molecule has 4 aromatic rings. The lowest BCUT2D eigenvalue weighted by Crippen LogP contribution is -2.35. The van der Waals surface area contributed by atoms with E-state index in [0.29, 0.717) is 47.5 Å². The second-order valence-corrected chi connectivity index (χ2v) is 7.94. The van der Waals surface area contributed by atoms with Crippen LogP contribution in [0, 0.1) is 0 Å². The third-order valence-corrected chi connectivity index (χ3v) is 5.48. The highest BCUT2D eigenvalue weighted by atomic mass is 19.3.